The standard InChI is InChI=1S/C22H20FN3O4S/c1-14-7-10-17(13-15(14)2)26-31(29,30)18-11-8-16(9-12-18)21(27)24-25-22(28)19-5-3-4-6-20(19)23/h3-13,26H,1-2H3,(H,24,27)(H,25,28). The Hall–Kier alpha value is -3.72. The van der Waals surface area contributed by atoms with Gasteiger partial charge in [0.05, 0.1) is 10.5 Å². The smallest absolute Gasteiger partial charge is 0.272 e. The highest BCUT2D eigenvalue weighted by molar-refractivity contribution is 7.92. The van der Waals surface area contributed by atoms with Gasteiger partial charge >= 0.3 is 0 Å². The Balaban J connectivity index is 1.66. The predicted molar refractivity (Wildman–Crippen MR) is 114 cm³/mol. The second kappa shape index (κ2) is 8.97. The van der Waals surface area contributed by atoms with Crippen LogP contribution in [-0.2, 0) is 10.0 Å². The second-order valence-corrected chi connectivity index (χ2v) is 8.50. The van der Waals surface area contributed by atoms with E-state index in [1.165, 1.54) is 42.5 Å². The maximum Gasteiger partial charge on any atom is 0.272 e. The average molecular weight is 441 g/mol. The third-order valence-corrected chi connectivity index (χ3v) is 5.99. The molecule has 31 heavy (non-hydrogen) atoms. The molecule has 0 bridgehead atoms. The van der Waals surface area contributed by atoms with Crippen LogP contribution in [0.25, 0.3) is 0 Å². The minimum atomic E-state index is -3.85. The van der Waals surface area contributed by atoms with Crippen LogP contribution in [0.2, 0.25) is 0 Å². The first kappa shape index (κ1) is 22.0. The van der Waals surface area contributed by atoms with Crippen molar-refractivity contribution < 1.29 is 22.4 Å². The summed E-state index contributed by atoms with van der Waals surface area (Å²) < 4.78 is 41.3. The molecule has 0 atom stereocenters. The monoisotopic (exact) mass is 441 g/mol. The molecule has 0 aliphatic carbocycles. The first-order valence-electron chi connectivity index (χ1n) is 9.23. The van der Waals surface area contributed by atoms with Crippen LogP contribution in [0.15, 0.2) is 71.6 Å². The molecule has 0 spiro atoms. The van der Waals surface area contributed by atoms with Crippen molar-refractivity contribution in [2.45, 2.75) is 18.7 Å². The number of carbonyl (C=O) groups is 2. The quantitative estimate of drug-likeness (QED) is 0.529. The number of anilines is 1. The van der Waals surface area contributed by atoms with Gasteiger partial charge in [-0.1, -0.05) is 18.2 Å². The zero-order valence-electron chi connectivity index (χ0n) is 16.8. The number of rotatable bonds is 5. The molecular formula is C22H20FN3O4S. The normalized spacial score (nSPS) is 10.9. The Bertz CT molecular complexity index is 1240. The molecule has 2 amide bonds. The Morgan fingerprint density at radius 2 is 1.45 bits per heavy atom. The third kappa shape index (κ3) is 5.26. The van der Waals surface area contributed by atoms with Crippen molar-refractivity contribution in [1.29, 1.82) is 0 Å². The fraction of sp³-hybridized carbons (Fsp3) is 0.0909. The molecule has 0 heterocycles. The van der Waals surface area contributed by atoms with E-state index in [4.69, 9.17) is 0 Å². The molecule has 160 valence electrons. The van der Waals surface area contributed by atoms with Crippen LogP contribution in [0.3, 0.4) is 0 Å². The summed E-state index contributed by atoms with van der Waals surface area (Å²) in [5.41, 5.74) is 6.59. The zero-order chi connectivity index (χ0) is 22.6. The van der Waals surface area contributed by atoms with E-state index in [-0.39, 0.29) is 16.0 Å². The number of sulfonamides is 1. The number of benzene rings is 3. The van der Waals surface area contributed by atoms with Crippen molar-refractivity contribution in [3.8, 4) is 0 Å². The summed E-state index contributed by atoms with van der Waals surface area (Å²) in [6.07, 6.45) is 0. The van der Waals surface area contributed by atoms with Crippen molar-refractivity contribution in [2.24, 2.45) is 0 Å². The Morgan fingerprint density at radius 1 is 0.806 bits per heavy atom. The molecule has 0 radical (unpaired) electrons. The lowest BCUT2D eigenvalue weighted by molar-refractivity contribution is 0.0844. The fourth-order valence-corrected chi connectivity index (χ4v) is 3.75. The zero-order valence-corrected chi connectivity index (χ0v) is 17.6. The van der Waals surface area contributed by atoms with Gasteiger partial charge in [-0.15, -0.1) is 0 Å². The second-order valence-electron chi connectivity index (χ2n) is 6.82. The maximum atomic E-state index is 13.6. The summed E-state index contributed by atoms with van der Waals surface area (Å²) >= 11 is 0. The van der Waals surface area contributed by atoms with Crippen LogP contribution in [-0.4, -0.2) is 20.2 Å². The van der Waals surface area contributed by atoms with E-state index in [0.717, 1.165) is 17.2 Å². The van der Waals surface area contributed by atoms with Crippen LogP contribution in [0, 0.1) is 19.7 Å². The highest BCUT2D eigenvalue weighted by Crippen LogP contribution is 2.19. The van der Waals surface area contributed by atoms with Crippen molar-refractivity contribution >= 4 is 27.5 Å². The maximum absolute atomic E-state index is 13.6. The number of hydrogen-bond acceptors (Lipinski definition) is 4. The van der Waals surface area contributed by atoms with Crippen molar-refractivity contribution in [3.63, 3.8) is 0 Å². The fourth-order valence-electron chi connectivity index (χ4n) is 2.70. The van der Waals surface area contributed by atoms with E-state index in [1.807, 2.05) is 19.9 Å². The number of amides is 2. The largest absolute Gasteiger partial charge is 0.280 e. The summed E-state index contributed by atoms with van der Waals surface area (Å²) in [6, 6.07) is 15.7. The minimum Gasteiger partial charge on any atom is -0.280 e. The molecule has 9 heteroatoms. The molecule has 3 rings (SSSR count). The number of halogens is 1. The van der Waals surface area contributed by atoms with Crippen molar-refractivity contribution in [1.82, 2.24) is 10.9 Å². The molecule has 3 N–H and O–H groups in total. The van der Waals surface area contributed by atoms with Gasteiger partial charge in [-0.2, -0.15) is 0 Å². The predicted octanol–water partition coefficient (Wildman–Crippen LogP) is 3.32. The molecule has 0 saturated heterocycles. The van der Waals surface area contributed by atoms with Crippen LogP contribution in [0.1, 0.15) is 31.8 Å². The molecule has 3 aromatic carbocycles. The molecule has 7 nitrogen and oxygen atoms in total. The summed E-state index contributed by atoms with van der Waals surface area (Å²) in [6.45, 7) is 3.81. The Kier molecular flexibility index (Phi) is 6.36. The summed E-state index contributed by atoms with van der Waals surface area (Å²) in [5, 5.41) is 0. The van der Waals surface area contributed by atoms with Gasteiger partial charge in [0, 0.05) is 11.3 Å². The summed E-state index contributed by atoms with van der Waals surface area (Å²) in [4.78, 5) is 24.1. The third-order valence-electron chi connectivity index (χ3n) is 4.59. The number of carbonyl (C=O) groups excluding carboxylic acids is 2. The SMILES string of the molecule is Cc1ccc(NS(=O)(=O)c2ccc(C(=O)NNC(=O)c3ccccc3F)cc2)cc1C. The number of hydrazine groups is 1. The molecule has 0 aliphatic rings. The van der Waals surface area contributed by atoms with Gasteiger partial charge in [0.25, 0.3) is 21.8 Å². The van der Waals surface area contributed by atoms with Crippen LogP contribution in [0.4, 0.5) is 10.1 Å². The molecule has 0 aliphatic heterocycles. The first-order chi connectivity index (χ1) is 14.7. The van der Waals surface area contributed by atoms with Crippen LogP contribution in [0.5, 0.6) is 0 Å². The topological polar surface area (TPSA) is 104 Å². The van der Waals surface area contributed by atoms with E-state index in [2.05, 4.69) is 15.6 Å². The molecule has 0 aromatic heterocycles. The van der Waals surface area contributed by atoms with Gasteiger partial charge in [-0.25, -0.2) is 12.8 Å². The first-order valence-corrected chi connectivity index (χ1v) is 10.7. The highest BCUT2D eigenvalue weighted by atomic mass is 32.2. The van der Waals surface area contributed by atoms with E-state index in [9.17, 15) is 22.4 Å². The molecule has 0 saturated carbocycles. The lowest BCUT2D eigenvalue weighted by Gasteiger charge is -2.11. The highest BCUT2D eigenvalue weighted by Gasteiger charge is 2.16. The van der Waals surface area contributed by atoms with E-state index in [1.54, 1.807) is 12.1 Å². The Labute approximate surface area is 179 Å². The minimum absolute atomic E-state index is 0.0299. The van der Waals surface area contributed by atoms with E-state index >= 15 is 0 Å². The molecule has 0 fully saturated rings. The molecule has 3 aromatic rings. The van der Waals surface area contributed by atoms with E-state index < -0.39 is 27.7 Å². The lowest BCUT2D eigenvalue weighted by atomic mass is 10.1. The number of nitrogens with one attached hydrogen (secondary N) is 3. The Morgan fingerprint density at radius 3 is 2.10 bits per heavy atom. The average Bonchev–Trinajstić information content (AvgIpc) is 2.74. The van der Waals surface area contributed by atoms with Gasteiger partial charge in [0.2, 0.25) is 0 Å². The summed E-state index contributed by atoms with van der Waals surface area (Å²) in [5.74, 6) is -2.22. The van der Waals surface area contributed by atoms with Crippen LogP contribution < -0.4 is 15.6 Å². The van der Waals surface area contributed by atoms with Crippen LogP contribution >= 0.6 is 0 Å². The van der Waals surface area contributed by atoms with Gasteiger partial charge in [0.1, 0.15) is 5.82 Å². The molecule has 0 unspecified atom stereocenters. The number of aryl methyl sites for hydroxylation is 2. The molecular weight excluding hydrogens is 421 g/mol. The van der Waals surface area contributed by atoms with Gasteiger partial charge in [0.15, 0.2) is 0 Å². The number of hydrogen-bond donors (Lipinski definition) is 3. The van der Waals surface area contributed by atoms with Crippen molar-refractivity contribution in [3.05, 3.63) is 94.8 Å². The van der Waals surface area contributed by atoms with Gasteiger partial charge < -0.3 is 0 Å². The van der Waals surface area contributed by atoms with Crippen molar-refractivity contribution in [2.75, 3.05) is 4.72 Å². The van der Waals surface area contributed by atoms with Gasteiger partial charge in [-0.3, -0.25) is 25.2 Å². The van der Waals surface area contributed by atoms with Gasteiger partial charge in [-0.05, 0) is 73.5 Å². The summed E-state index contributed by atoms with van der Waals surface area (Å²) in [7, 11) is -3.85. The van der Waals surface area contributed by atoms with E-state index in [0.29, 0.717) is 5.69 Å². The lowest BCUT2D eigenvalue weighted by Crippen LogP contribution is -2.41.